The third-order valence-corrected chi connectivity index (χ3v) is 6.29. The molecule has 3 heterocycles. The molecule has 0 spiro atoms. The van der Waals surface area contributed by atoms with Crippen LogP contribution in [0, 0.1) is 12.7 Å². The van der Waals surface area contributed by atoms with Crippen molar-refractivity contribution in [3.05, 3.63) is 106 Å². The Balaban J connectivity index is 1.36. The van der Waals surface area contributed by atoms with Crippen molar-refractivity contribution in [1.82, 2.24) is 20.1 Å². The maximum atomic E-state index is 14.3. The van der Waals surface area contributed by atoms with E-state index in [1.165, 1.54) is 6.07 Å². The number of amides is 2. The molecule has 3 aromatic carbocycles. The number of fused-ring (bicyclic) bond motifs is 2. The van der Waals surface area contributed by atoms with Crippen LogP contribution in [0.3, 0.4) is 0 Å². The van der Waals surface area contributed by atoms with Gasteiger partial charge in [0, 0.05) is 11.8 Å². The number of carbonyl (C=O) groups excluding carboxylic acids is 2. The lowest BCUT2D eigenvalue weighted by atomic mass is 9.99. The molecule has 172 valence electrons. The fourth-order valence-electron chi connectivity index (χ4n) is 4.50. The Morgan fingerprint density at radius 2 is 1.60 bits per heavy atom. The highest BCUT2D eigenvalue weighted by Gasteiger charge is 2.36. The second-order valence-corrected chi connectivity index (χ2v) is 8.45. The van der Waals surface area contributed by atoms with Crippen LogP contribution in [0.4, 0.5) is 4.39 Å². The normalized spacial score (nSPS) is 13.1. The molecular weight excluding hydrogens is 447 g/mol. The van der Waals surface area contributed by atoms with Crippen LogP contribution in [0.5, 0.6) is 0 Å². The summed E-state index contributed by atoms with van der Waals surface area (Å²) in [4.78, 5) is 31.2. The van der Waals surface area contributed by atoms with Gasteiger partial charge in [0.2, 0.25) is 5.89 Å². The minimum Gasteiger partial charge on any atom is -0.438 e. The molecule has 1 aliphatic heterocycles. The molecule has 0 saturated carbocycles. The summed E-state index contributed by atoms with van der Waals surface area (Å²) >= 11 is 0. The minimum absolute atomic E-state index is 0.0321. The topological polar surface area (TPSA) is 92.1 Å². The molecule has 8 heteroatoms. The predicted octanol–water partition coefficient (Wildman–Crippen LogP) is 5.05. The van der Waals surface area contributed by atoms with Gasteiger partial charge in [-0.05, 0) is 42.3 Å². The molecule has 2 aromatic heterocycles. The molecule has 0 aliphatic carbocycles. The molecule has 35 heavy (non-hydrogen) atoms. The smallest absolute Gasteiger partial charge is 0.261 e. The summed E-state index contributed by atoms with van der Waals surface area (Å²) in [6.45, 7) is 1.73. The standard InChI is InChI=1S/C27H19FN4O3/c1-15-22(14-32-26(33)18-9-3-4-10-19(18)27(32)34)35-25(29-15)24-23-17(8-6-12-21(23)30-31-24)13-16-7-2-5-11-20(16)28/h2-12H,13-14H2,1H3,(H,30,31). The number of nitrogens with one attached hydrogen (secondary N) is 1. The van der Waals surface area contributed by atoms with E-state index in [0.717, 1.165) is 21.4 Å². The number of halogens is 1. The number of hydrogen-bond acceptors (Lipinski definition) is 5. The van der Waals surface area contributed by atoms with E-state index in [4.69, 9.17) is 4.42 Å². The third-order valence-electron chi connectivity index (χ3n) is 6.29. The van der Waals surface area contributed by atoms with Crippen molar-refractivity contribution in [3.63, 3.8) is 0 Å². The monoisotopic (exact) mass is 466 g/mol. The Morgan fingerprint density at radius 1 is 0.914 bits per heavy atom. The van der Waals surface area contributed by atoms with Gasteiger partial charge in [0.05, 0.1) is 28.9 Å². The zero-order valence-electron chi connectivity index (χ0n) is 18.7. The first-order valence-electron chi connectivity index (χ1n) is 11.1. The second kappa shape index (κ2) is 8.02. The van der Waals surface area contributed by atoms with Gasteiger partial charge in [-0.2, -0.15) is 5.10 Å². The van der Waals surface area contributed by atoms with E-state index in [-0.39, 0.29) is 30.1 Å². The lowest BCUT2D eigenvalue weighted by Gasteiger charge is -2.11. The number of oxazole rings is 1. The number of hydrogen-bond donors (Lipinski definition) is 1. The lowest BCUT2D eigenvalue weighted by molar-refractivity contribution is 0.0631. The Bertz CT molecular complexity index is 1600. The molecular formula is C27H19FN4O3. The van der Waals surface area contributed by atoms with E-state index in [0.29, 0.717) is 40.3 Å². The van der Waals surface area contributed by atoms with Gasteiger partial charge < -0.3 is 4.42 Å². The molecule has 0 bridgehead atoms. The average Bonchev–Trinajstić information content (AvgIpc) is 3.52. The van der Waals surface area contributed by atoms with E-state index in [9.17, 15) is 14.0 Å². The van der Waals surface area contributed by atoms with Gasteiger partial charge in [0.25, 0.3) is 11.8 Å². The largest absolute Gasteiger partial charge is 0.438 e. The molecule has 0 radical (unpaired) electrons. The van der Waals surface area contributed by atoms with Gasteiger partial charge in [-0.25, -0.2) is 9.37 Å². The van der Waals surface area contributed by atoms with Crippen molar-refractivity contribution in [2.75, 3.05) is 0 Å². The van der Waals surface area contributed by atoms with E-state index in [1.807, 2.05) is 18.2 Å². The summed E-state index contributed by atoms with van der Waals surface area (Å²) in [5, 5.41) is 8.19. The summed E-state index contributed by atoms with van der Waals surface area (Å²) in [7, 11) is 0. The number of carbonyl (C=O) groups is 2. The van der Waals surface area contributed by atoms with Gasteiger partial charge in [-0.15, -0.1) is 0 Å². The quantitative estimate of drug-likeness (QED) is 0.366. The Hall–Kier alpha value is -4.59. The van der Waals surface area contributed by atoms with Crippen molar-refractivity contribution in [2.45, 2.75) is 19.9 Å². The van der Waals surface area contributed by atoms with E-state index >= 15 is 0 Å². The highest BCUT2D eigenvalue weighted by molar-refractivity contribution is 6.21. The number of aryl methyl sites for hydroxylation is 1. The molecule has 7 nitrogen and oxygen atoms in total. The van der Waals surface area contributed by atoms with Gasteiger partial charge in [-0.3, -0.25) is 19.6 Å². The van der Waals surface area contributed by atoms with Gasteiger partial charge in [0.15, 0.2) is 5.69 Å². The first-order valence-corrected chi connectivity index (χ1v) is 11.1. The van der Waals surface area contributed by atoms with Crippen LogP contribution in [0.2, 0.25) is 0 Å². The maximum absolute atomic E-state index is 14.3. The number of rotatable bonds is 5. The van der Waals surface area contributed by atoms with Crippen LogP contribution >= 0.6 is 0 Å². The molecule has 0 fully saturated rings. The summed E-state index contributed by atoms with van der Waals surface area (Å²) in [6.07, 6.45) is 0.373. The summed E-state index contributed by atoms with van der Waals surface area (Å²) in [6, 6.07) is 19.1. The van der Waals surface area contributed by atoms with Crippen molar-refractivity contribution in [3.8, 4) is 11.6 Å². The van der Waals surface area contributed by atoms with Crippen molar-refractivity contribution < 1.29 is 18.4 Å². The van der Waals surface area contributed by atoms with E-state index < -0.39 is 0 Å². The average molecular weight is 466 g/mol. The second-order valence-electron chi connectivity index (χ2n) is 8.45. The zero-order chi connectivity index (χ0) is 24.1. The van der Waals surface area contributed by atoms with Crippen molar-refractivity contribution >= 4 is 22.7 Å². The molecule has 0 saturated heterocycles. The highest BCUT2D eigenvalue weighted by Crippen LogP contribution is 2.32. The van der Waals surface area contributed by atoms with Crippen LogP contribution in [-0.4, -0.2) is 31.9 Å². The van der Waals surface area contributed by atoms with Crippen molar-refractivity contribution in [1.29, 1.82) is 0 Å². The molecule has 1 aliphatic rings. The number of aromatic amines is 1. The number of imide groups is 1. The lowest BCUT2D eigenvalue weighted by Crippen LogP contribution is -2.29. The van der Waals surface area contributed by atoms with Gasteiger partial charge in [-0.1, -0.05) is 42.5 Å². The molecule has 0 atom stereocenters. The fraction of sp³-hybridized carbons (Fsp3) is 0.111. The number of nitrogens with zero attached hydrogens (tertiary/aromatic N) is 3. The van der Waals surface area contributed by atoms with Crippen LogP contribution in [0.25, 0.3) is 22.5 Å². The molecule has 0 unspecified atom stereocenters. The number of H-pyrrole nitrogens is 1. The van der Waals surface area contributed by atoms with Crippen LogP contribution in [-0.2, 0) is 13.0 Å². The minimum atomic E-state index is -0.361. The summed E-state index contributed by atoms with van der Waals surface area (Å²) in [5.74, 6) is -0.330. The number of benzene rings is 3. The van der Waals surface area contributed by atoms with E-state index in [2.05, 4.69) is 15.2 Å². The van der Waals surface area contributed by atoms with E-state index in [1.54, 1.807) is 49.4 Å². The zero-order valence-corrected chi connectivity index (χ0v) is 18.7. The third kappa shape index (κ3) is 3.42. The Morgan fingerprint density at radius 3 is 2.34 bits per heavy atom. The van der Waals surface area contributed by atoms with Gasteiger partial charge >= 0.3 is 0 Å². The summed E-state index contributed by atoms with van der Waals surface area (Å²) in [5.41, 5.74) is 4.02. The Kier molecular flexibility index (Phi) is 4.81. The van der Waals surface area contributed by atoms with Crippen LogP contribution in [0.15, 0.2) is 71.1 Å². The first kappa shape index (κ1) is 21.0. The highest BCUT2D eigenvalue weighted by atomic mass is 19.1. The SMILES string of the molecule is Cc1nc(-c2n[nH]c3cccc(Cc4ccccc4F)c23)oc1CN1C(=O)c2ccccc2C1=O. The van der Waals surface area contributed by atoms with Crippen LogP contribution < -0.4 is 0 Å². The molecule has 5 aromatic rings. The first-order chi connectivity index (χ1) is 17.0. The molecule has 6 rings (SSSR count). The van der Waals surface area contributed by atoms with Crippen molar-refractivity contribution in [2.24, 2.45) is 0 Å². The van der Waals surface area contributed by atoms with Gasteiger partial charge in [0.1, 0.15) is 11.6 Å². The maximum Gasteiger partial charge on any atom is 0.261 e. The Labute approximate surface area is 199 Å². The molecule has 2 amide bonds. The van der Waals surface area contributed by atoms with Crippen LogP contribution in [0.1, 0.15) is 43.3 Å². The predicted molar refractivity (Wildman–Crippen MR) is 126 cm³/mol. The fourth-order valence-corrected chi connectivity index (χ4v) is 4.50. The summed E-state index contributed by atoms with van der Waals surface area (Å²) < 4.78 is 20.4. The number of aromatic nitrogens is 3. The molecule has 1 N–H and O–H groups in total.